The van der Waals surface area contributed by atoms with Gasteiger partial charge in [-0.15, -0.1) is 0 Å². The first-order chi connectivity index (χ1) is 8.58. The molecule has 0 bridgehead atoms. The molecule has 0 radical (unpaired) electrons. The van der Waals surface area contributed by atoms with Crippen molar-refractivity contribution in [2.75, 3.05) is 11.9 Å². The van der Waals surface area contributed by atoms with Gasteiger partial charge >= 0.3 is 5.97 Å². The Morgan fingerprint density at radius 2 is 2.39 bits per heavy atom. The van der Waals surface area contributed by atoms with Gasteiger partial charge in [-0.1, -0.05) is 0 Å². The molecule has 0 unspecified atom stereocenters. The summed E-state index contributed by atoms with van der Waals surface area (Å²) in [6, 6.07) is 0. The van der Waals surface area contributed by atoms with Crippen LogP contribution in [0.4, 0.5) is 5.00 Å². The Morgan fingerprint density at radius 3 is 3.00 bits per heavy atom. The van der Waals surface area contributed by atoms with Gasteiger partial charge in [-0.2, -0.15) is 9.47 Å². The average Bonchev–Trinajstić information content (AvgIpc) is 2.86. The number of carboxylic acid groups (broad SMARTS) is 1. The van der Waals surface area contributed by atoms with Gasteiger partial charge in [0, 0.05) is 19.8 Å². The molecule has 0 aliphatic rings. The molecule has 18 heavy (non-hydrogen) atoms. The van der Waals surface area contributed by atoms with Crippen LogP contribution in [0.1, 0.15) is 21.6 Å². The Labute approximate surface area is 108 Å². The second kappa shape index (κ2) is 5.18. The maximum atomic E-state index is 11.1. The quantitative estimate of drug-likeness (QED) is 0.858. The van der Waals surface area contributed by atoms with Gasteiger partial charge in [0.05, 0.1) is 11.9 Å². The molecular formula is C11H14N4O2S. The van der Waals surface area contributed by atoms with E-state index in [0.717, 1.165) is 12.0 Å². The summed E-state index contributed by atoms with van der Waals surface area (Å²) in [7, 11) is 1.87. The molecule has 0 aliphatic heterocycles. The van der Waals surface area contributed by atoms with E-state index >= 15 is 0 Å². The van der Waals surface area contributed by atoms with E-state index in [-0.39, 0.29) is 5.56 Å². The fraction of sp³-hybridized carbons (Fsp3) is 0.364. The van der Waals surface area contributed by atoms with Crippen molar-refractivity contribution in [3.05, 3.63) is 29.2 Å². The molecule has 0 aromatic carbocycles. The van der Waals surface area contributed by atoms with Gasteiger partial charge in [0.2, 0.25) is 0 Å². The molecule has 2 aromatic rings. The topological polar surface area (TPSA) is 80.0 Å². The molecular weight excluding hydrogens is 252 g/mol. The predicted molar refractivity (Wildman–Crippen MR) is 69.2 cm³/mol. The van der Waals surface area contributed by atoms with Crippen molar-refractivity contribution in [3.63, 3.8) is 0 Å². The minimum atomic E-state index is -0.940. The van der Waals surface area contributed by atoms with Crippen molar-refractivity contribution in [1.82, 2.24) is 14.2 Å². The van der Waals surface area contributed by atoms with Crippen LogP contribution < -0.4 is 5.32 Å². The third kappa shape index (κ3) is 2.67. The number of carboxylic acids is 1. The monoisotopic (exact) mass is 266 g/mol. The van der Waals surface area contributed by atoms with Crippen molar-refractivity contribution in [3.8, 4) is 0 Å². The number of rotatable bonds is 5. The van der Waals surface area contributed by atoms with E-state index in [9.17, 15) is 4.79 Å². The zero-order valence-electron chi connectivity index (χ0n) is 10.2. The minimum absolute atomic E-state index is 0.270. The highest BCUT2D eigenvalue weighted by atomic mass is 32.1. The van der Waals surface area contributed by atoms with Crippen molar-refractivity contribution in [1.29, 1.82) is 0 Å². The lowest BCUT2D eigenvalue weighted by atomic mass is 10.2. The lowest BCUT2D eigenvalue weighted by Gasteiger charge is -2.03. The molecule has 0 fully saturated rings. The van der Waals surface area contributed by atoms with Crippen molar-refractivity contribution >= 4 is 22.5 Å². The van der Waals surface area contributed by atoms with Crippen molar-refractivity contribution in [2.24, 2.45) is 7.05 Å². The summed E-state index contributed by atoms with van der Waals surface area (Å²) in [4.78, 5) is 11.1. The molecule has 96 valence electrons. The fourth-order valence-electron chi connectivity index (χ4n) is 1.66. The van der Waals surface area contributed by atoms with Crippen LogP contribution in [0.15, 0.2) is 12.4 Å². The van der Waals surface area contributed by atoms with Crippen molar-refractivity contribution in [2.45, 2.75) is 13.3 Å². The molecule has 0 amide bonds. The van der Waals surface area contributed by atoms with Crippen LogP contribution in [0.5, 0.6) is 0 Å². The van der Waals surface area contributed by atoms with Crippen LogP contribution in [-0.4, -0.2) is 31.8 Å². The van der Waals surface area contributed by atoms with Crippen LogP contribution >= 0.6 is 11.5 Å². The maximum absolute atomic E-state index is 11.1. The third-order valence-corrected chi connectivity index (χ3v) is 3.43. The predicted octanol–water partition coefficient (Wildman–Crippen LogP) is 1.54. The summed E-state index contributed by atoms with van der Waals surface area (Å²) < 4.78 is 5.79. The Morgan fingerprint density at radius 1 is 1.61 bits per heavy atom. The molecule has 0 atom stereocenters. The molecule has 0 aliphatic carbocycles. The Hall–Kier alpha value is -1.89. The molecule has 0 saturated heterocycles. The van der Waals surface area contributed by atoms with Crippen LogP contribution in [0.2, 0.25) is 0 Å². The van der Waals surface area contributed by atoms with E-state index in [2.05, 4.69) is 14.8 Å². The first kappa shape index (κ1) is 12.6. The largest absolute Gasteiger partial charge is 0.478 e. The number of carbonyl (C=O) groups is 1. The fourth-order valence-corrected chi connectivity index (χ4v) is 2.48. The van der Waals surface area contributed by atoms with E-state index in [0.29, 0.717) is 17.2 Å². The van der Waals surface area contributed by atoms with Gasteiger partial charge < -0.3 is 10.4 Å². The lowest BCUT2D eigenvalue weighted by molar-refractivity contribution is 0.0697. The lowest BCUT2D eigenvalue weighted by Crippen LogP contribution is -2.07. The summed E-state index contributed by atoms with van der Waals surface area (Å²) in [5.41, 5.74) is 1.94. The number of hydrogen-bond acceptors (Lipinski definition) is 5. The van der Waals surface area contributed by atoms with Crippen LogP contribution in [0.25, 0.3) is 0 Å². The Kier molecular flexibility index (Phi) is 3.61. The molecule has 0 spiro atoms. The maximum Gasteiger partial charge on any atom is 0.340 e. The molecule has 0 saturated carbocycles. The second-order valence-electron chi connectivity index (χ2n) is 3.98. The summed E-state index contributed by atoms with van der Waals surface area (Å²) >= 11 is 1.18. The first-order valence-corrected chi connectivity index (χ1v) is 6.26. The smallest absolute Gasteiger partial charge is 0.340 e. The molecule has 2 aromatic heterocycles. The zero-order chi connectivity index (χ0) is 13.1. The Bertz CT molecular complexity index is 561. The second-order valence-corrected chi connectivity index (χ2v) is 4.75. The number of nitrogens with one attached hydrogen (secondary N) is 1. The molecule has 6 nitrogen and oxygen atoms in total. The average molecular weight is 266 g/mol. The SMILES string of the molecule is Cc1nsc(NCCc2cnn(C)c2)c1C(=O)O. The van der Waals surface area contributed by atoms with Crippen LogP contribution in [0.3, 0.4) is 0 Å². The highest BCUT2D eigenvalue weighted by Gasteiger charge is 2.16. The van der Waals surface area contributed by atoms with Gasteiger partial charge in [-0.3, -0.25) is 4.68 Å². The summed E-state index contributed by atoms with van der Waals surface area (Å²) in [6.07, 6.45) is 4.54. The highest BCUT2D eigenvalue weighted by molar-refractivity contribution is 7.10. The van der Waals surface area contributed by atoms with Crippen molar-refractivity contribution < 1.29 is 9.90 Å². The molecule has 7 heteroatoms. The number of anilines is 1. The van der Waals surface area contributed by atoms with Crippen LogP contribution in [0, 0.1) is 6.92 Å². The van der Waals surface area contributed by atoms with E-state index in [1.807, 2.05) is 13.2 Å². The zero-order valence-corrected chi connectivity index (χ0v) is 11.0. The van der Waals surface area contributed by atoms with Gasteiger partial charge in [0.1, 0.15) is 10.6 Å². The number of aromatic carboxylic acids is 1. The molecule has 2 heterocycles. The number of nitrogens with zero attached hydrogens (tertiary/aromatic N) is 3. The van der Waals surface area contributed by atoms with E-state index < -0.39 is 5.97 Å². The van der Waals surface area contributed by atoms with E-state index in [1.54, 1.807) is 17.8 Å². The summed E-state index contributed by atoms with van der Waals surface area (Å²) in [5, 5.41) is 16.9. The first-order valence-electron chi connectivity index (χ1n) is 5.49. The molecule has 2 rings (SSSR count). The highest BCUT2D eigenvalue weighted by Crippen LogP contribution is 2.24. The summed E-state index contributed by atoms with van der Waals surface area (Å²) in [6.45, 7) is 2.36. The summed E-state index contributed by atoms with van der Waals surface area (Å²) in [5.74, 6) is -0.940. The standard InChI is InChI=1S/C11H14N4O2S/c1-7-9(11(16)17)10(18-14-7)12-4-3-8-5-13-15(2)6-8/h5-6,12H,3-4H2,1-2H3,(H,16,17). The van der Waals surface area contributed by atoms with Gasteiger partial charge in [0.15, 0.2) is 0 Å². The number of aryl methyl sites for hydroxylation is 2. The van der Waals surface area contributed by atoms with Crippen LogP contribution in [-0.2, 0) is 13.5 Å². The third-order valence-electron chi connectivity index (χ3n) is 2.53. The number of aromatic nitrogens is 3. The molecule has 2 N–H and O–H groups in total. The van der Waals surface area contributed by atoms with E-state index in [1.165, 1.54) is 11.5 Å². The van der Waals surface area contributed by atoms with Gasteiger partial charge in [-0.25, -0.2) is 4.79 Å². The normalized spacial score (nSPS) is 10.6. The Balaban J connectivity index is 1.96. The van der Waals surface area contributed by atoms with E-state index in [4.69, 9.17) is 5.11 Å². The van der Waals surface area contributed by atoms with Gasteiger partial charge in [-0.05, 0) is 30.4 Å². The number of hydrogen-bond donors (Lipinski definition) is 2. The minimum Gasteiger partial charge on any atom is -0.478 e. The van der Waals surface area contributed by atoms with Gasteiger partial charge in [0.25, 0.3) is 0 Å².